The van der Waals surface area contributed by atoms with Gasteiger partial charge in [0.25, 0.3) is 0 Å². The van der Waals surface area contributed by atoms with E-state index in [1.165, 1.54) is 12.2 Å². The second-order valence-corrected chi connectivity index (χ2v) is 7.68. The third-order valence-corrected chi connectivity index (χ3v) is 5.43. The Morgan fingerprint density at radius 3 is 2.42 bits per heavy atom. The number of rotatable bonds is 8. The summed E-state index contributed by atoms with van der Waals surface area (Å²) in [5, 5.41) is 9.29. The summed E-state index contributed by atoms with van der Waals surface area (Å²) in [7, 11) is 0. The highest BCUT2D eigenvalue weighted by Gasteiger charge is 2.36. The molecule has 1 heterocycles. The molecule has 0 saturated carbocycles. The van der Waals surface area contributed by atoms with E-state index < -0.39 is 6.10 Å². The summed E-state index contributed by atoms with van der Waals surface area (Å²) in [6.45, 7) is 15.2. The van der Waals surface area contributed by atoms with Gasteiger partial charge in [-0.2, -0.15) is 0 Å². The standard InChI is InChI=1S/C22H34O4/c1-13(18(6)24)8-11-22-14(2)12-20(19(7)26-22)16(4)17(5)21(25)10-9-15(3)23/h8-10,14-15,17,19-20,22-23H,4,11-12H2,1-3,5-7H3/b10-9+,13-8+/t14-,15+,17?,19+,20-,22-/m1/s1. The summed E-state index contributed by atoms with van der Waals surface area (Å²) >= 11 is 0. The van der Waals surface area contributed by atoms with E-state index in [1.807, 2.05) is 26.8 Å². The summed E-state index contributed by atoms with van der Waals surface area (Å²) in [5.41, 5.74) is 1.66. The predicted molar refractivity (Wildman–Crippen MR) is 105 cm³/mol. The van der Waals surface area contributed by atoms with Crippen molar-refractivity contribution in [1.29, 1.82) is 0 Å². The van der Waals surface area contributed by atoms with E-state index in [2.05, 4.69) is 13.5 Å². The van der Waals surface area contributed by atoms with Gasteiger partial charge in [-0.3, -0.25) is 9.59 Å². The number of allylic oxidation sites excluding steroid dienone is 2. The van der Waals surface area contributed by atoms with Crippen molar-refractivity contribution in [3.05, 3.63) is 36.0 Å². The van der Waals surface area contributed by atoms with E-state index in [0.29, 0.717) is 5.92 Å². The molecule has 6 atom stereocenters. The van der Waals surface area contributed by atoms with Crippen LogP contribution in [0.1, 0.15) is 54.4 Å². The highest BCUT2D eigenvalue weighted by Crippen LogP contribution is 2.37. The van der Waals surface area contributed by atoms with Crippen LogP contribution in [0.15, 0.2) is 36.0 Å². The lowest BCUT2D eigenvalue weighted by molar-refractivity contribution is -0.118. The molecule has 26 heavy (non-hydrogen) atoms. The number of ether oxygens (including phenoxy) is 1. The van der Waals surface area contributed by atoms with Crippen molar-refractivity contribution in [2.24, 2.45) is 17.8 Å². The minimum atomic E-state index is -0.636. The fourth-order valence-electron chi connectivity index (χ4n) is 3.31. The maximum atomic E-state index is 12.3. The average Bonchev–Trinajstić information content (AvgIpc) is 2.58. The maximum Gasteiger partial charge on any atom is 0.162 e. The van der Waals surface area contributed by atoms with E-state index in [0.717, 1.165) is 24.0 Å². The molecule has 0 amide bonds. The normalized spacial score (nSPS) is 29.4. The Labute approximate surface area is 158 Å². The number of carbonyl (C=O) groups is 2. The van der Waals surface area contributed by atoms with Gasteiger partial charge in [-0.1, -0.05) is 38.2 Å². The van der Waals surface area contributed by atoms with Crippen molar-refractivity contribution >= 4 is 11.6 Å². The van der Waals surface area contributed by atoms with Crippen molar-refractivity contribution < 1.29 is 19.4 Å². The van der Waals surface area contributed by atoms with Gasteiger partial charge < -0.3 is 9.84 Å². The van der Waals surface area contributed by atoms with Gasteiger partial charge in [-0.25, -0.2) is 0 Å². The Bertz CT molecular complexity index is 585. The van der Waals surface area contributed by atoms with Crippen LogP contribution < -0.4 is 0 Å². The smallest absolute Gasteiger partial charge is 0.162 e. The maximum absolute atomic E-state index is 12.3. The molecule has 146 valence electrons. The number of hydrogen-bond donors (Lipinski definition) is 1. The fraction of sp³-hybridized carbons (Fsp3) is 0.636. The number of ketones is 2. The molecule has 0 aromatic carbocycles. The van der Waals surface area contributed by atoms with Gasteiger partial charge in [0, 0.05) is 11.8 Å². The van der Waals surface area contributed by atoms with Gasteiger partial charge in [0.2, 0.25) is 0 Å². The zero-order valence-corrected chi connectivity index (χ0v) is 17.0. The molecule has 0 aromatic heterocycles. The summed E-state index contributed by atoms with van der Waals surface area (Å²) in [6, 6.07) is 0. The van der Waals surface area contributed by atoms with Crippen LogP contribution in [-0.2, 0) is 14.3 Å². The molecular formula is C22H34O4. The predicted octanol–water partition coefficient (Wildman–Crippen LogP) is 4.04. The molecule has 1 rings (SSSR count). The lowest BCUT2D eigenvalue weighted by Crippen LogP contribution is -2.40. The van der Waals surface area contributed by atoms with Gasteiger partial charge in [-0.15, -0.1) is 0 Å². The van der Waals surface area contributed by atoms with E-state index in [1.54, 1.807) is 13.8 Å². The van der Waals surface area contributed by atoms with Crippen LogP contribution in [0.2, 0.25) is 0 Å². The highest BCUT2D eigenvalue weighted by atomic mass is 16.5. The first-order valence-corrected chi connectivity index (χ1v) is 9.46. The number of carbonyl (C=O) groups excluding carboxylic acids is 2. The third-order valence-electron chi connectivity index (χ3n) is 5.43. The summed E-state index contributed by atoms with van der Waals surface area (Å²) in [5.74, 6) is 0.185. The topological polar surface area (TPSA) is 63.6 Å². The summed E-state index contributed by atoms with van der Waals surface area (Å²) in [6.07, 6.45) is 5.94. The van der Waals surface area contributed by atoms with Crippen molar-refractivity contribution in [3.8, 4) is 0 Å². The lowest BCUT2D eigenvalue weighted by atomic mass is 9.76. The SMILES string of the molecule is C=C(C(C)C(=O)/C=C/[C@H](C)O)[C@H]1C[C@@H](C)[C@@H](C/C=C(\C)C(C)=O)O[C@H]1C. The third kappa shape index (κ3) is 6.33. The van der Waals surface area contributed by atoms with Crippen LogP contribution in [0.5, 0.6) is 0 Å². The second kappa shape index (κ2) is 9.98. The van der Waals surface area contributed by atoms with Crippen LogP contribution >= 0.6 is 0 Å². The van der Waals surface area contributed by atoms with E-state index >= 15 is 0 Å². The molecule has 1 N–H and O–H groups in total. The zero-order chi connectivity index (χ0) is 20.0. The molecule has 1 aliphatic rings. The van der Waals surface area contributed by atoms with Crippen molar-refractivity contribution in [2.75, 3.05) is 0 Å². The zero-order valence-electron chi connectivity index (χ0n) is 17.0. The largest absolute Gasteiger partial charge is 0.389 e. The average molecular weight is 363 g/mol. The van der Waals surface area contributed by atoms with Gasteiger partial charge in [0.1, 0.15) is 0 Å². The van der Waals surface area contributed by atoms with Crippen LogP contribution in [0.25, 0.3) is 0 Å². The van der Waals surface area contributed by atoms with Crippen molar-refractivity contribution in [2.45, 2.75) is 72.7 Å². The molecule has 4 heteroatoms. The Kier molecular flexibility index (Phi) is 8.65. The Morgan fingerprint density at radius 2 is 1.88 bits per heavy atom. The highest BCUT2D eigenvalue weighted by molar-refractivity contribution is 5.93. The molecule has 0 aromatic rings. The van der Waals surface area contributed by atoms with Gasteiger partial charge in [-0.05, 0) is 58.1 Å². The number of aliphatic hydroxyl groups is 1. The molecule has 0 aliphatic carbocycles. The quantitative estimate of drug-likeness (QED) is 0.523. The van der Waals surface area contributed by atoms with E-state index in [-0.39, 0.29) is 35.6 Å². The first-order valence-electron chi connectivity index (χ1n) is 9.46. The molecule has 0 spiro atoms. The first kappa shape index (κ1) is 22.5. The molecule has 0 bridgehead atoms. The van der Waals surface area contributed by atoms with Crippen LogP contribution in [0.3, 0.4) is 0 Å². The molecule has 4 nitrogen and oxygen atoms in total. The van der Waals surface area contributed by atoms with E-state index in [9.17, 15) is 14.7 Å². The molecule has 1 unspecified atom stereocenters. The van der Waals surface area contributed by atoms with Crippen molar-refractivity contribution in [3.63, 3.8) is 0 Å². The Hall–Kier alpha value is -1.52. The second-order valence-electron chi connectivity index (χ2n) is 7.68. The molecule has 1 fully saturated rings. The van der Waals surface area contributed by atoms with Gasteiger partial charge in [0.15, 0.2) is 11.6 Å². The van der Waals surface area contributed by atoms with Gasteiger partial charge in [0.05, 0.1) is 18.3 Å². The Balaban J connectivity index is 2.74. The van der Waals surface area contributed by atoms with Crippen LogP contribution in [0.4, 0.5) is 0 Å². The molecule has 0 radical (unpaired) electrons. The Morgan fingerprint density at radius 1 is 1.27 bits per heavy atom. The van der Waals surface area contributed by atoms with Crippen molar-refractivity contribution in [1.82, 2.24) is 0 Å². The van der Waals surface area contributed by atoms with E-state index in [4.69, 9.17) is 4.74 Å². The minimum absolute atomic E-state index is 0.0225. The monoisotopic (exact) mass is 362 g/mol. The lowest BCUT2D eigenvalue weighted by Gasteiger charge is -2.40. The van der Waals surface area contributed by atoms with Crippen LogP contribution in [-0.4, -0.2) is 35.0 Å². The molecule has 1 saturated heterocycles. The molecule has 1 aliphatic heterocycles. The van der Waals surface area contributed by atoms with Crippen LogP contribution in [0, 0.1) is 17.8 Å². The fourth-order valence-corrected chi connectivity index (χ4v) is 3.31. The van der Waals surface area contributed by atoms with Gasteiger partial charge >= 0.3 is 0 Å². The number of aliphatic hydroxyl groups excluding tert-OH is 1. The first-order chi connectivity index (χ1) is 12.0. The summed E-state index contributed by atoms with van der Waals surface area (Å²) < 4.78 is 6.20. The number of Topliss-reactive ketones (excluding diaryl/α,β-unsaturated/α-hetero) is 1. The number of hydrogen-bond acceptors (Lipinski definition) is 4. The minimum Gasteiger partial charge on any atom is -0.389 e. The molecular weight excluding hydrogens is 328 g/mol. The summed E-state index contributed by atoms with van der Waals surface area (Å²) in [4.78, 5) is 23.7.